The van der Waals surface area contributed by atoms with E-state index in [1.54, 1.807) is 0 Å². The Balaban J connectivity index is 2.63. The highest BCUT2D eigenvalue weighted by Gasteiger charge is 2.15. The van der Waals surface area contributed by atoms with Crippen LogP contribution in [-0.4, -0.2) is 39.5 Å². The molecule has 6 nitrogen and oxygen atoms in total. The van der Waals surface area contributed by atoms with Gasteiger partial charge in [-0.3, -0.25) is 4.79 Å². The summed E-state index contributed by atoms with van der Waals surface area (Å²) >= 11 is 11.8. The number of nitrogens with one attached hydrogen (secondary N) is 1. The number of carbonyl (C=O) groups excluding carboxylic acids is 1. The van der Waals surface area contributed by atoms with Gasteiger partial charge in [-0.1, -0.05) is 23.2 Å². The zero-order chi connectivity index (χ0) is 16.0. The van der Waals surface area contributed by atoms with Gasteiger partial charge in [-0.15, -0.1) is 0 Å². The number of nitrogens with two attached hydrogens (primary N) is 1. The Kier molecular flexibility index (Phi) is 6.73. The van der Waals surface area contributed by atoms with Crippen molar-refractivity contribution in [1.82, 2.24) is 0 Å². The van der Waals surface area contributed by atoms with Crippen molar-refractivity contribution in [3.8, 4) is 0 Å². The molecular weight excluding hydrogens is 339 g/mol. The third-order valence-electron chi connectivity index (χ3n) is 2.57. The molecule has 0 radical (unpaired) electrons. The average molecular weight is 355 g/mol. The molecule has 3 N–H and O–H groups in total. The number of hydrogen-bond donors (Lipinski definition) is 2. The minimum absolute atomic E-state index is 0.0968. The number of rotatable bonds is 7. The van der Waals surface area contributed by atoms with Gasteiger partial charge in [0, 0.05) is 19.2 Å². The summed E-state index contributed by atoms with van der Waals surface area (Å²) in [7, 11) is -1.92. The number of methoxy groups -OCH3 is 1. The van der Waals surface area contributed by atoms with Gasteiger partial charge in [0.1, 0.15) is 0 Å². The summed E-state index contributed by atoms with van der Waals surface area (Å²) in [6.45, 7) is 0.0968. The van der Waals surface area contributed by atoms with E-state index in [0.29, 0.717) is 5.69 Å². The number of hydrogen-bond acceptors (Lipinski definition) is 5. The molecule has 0 spiro atoms. The van der Waals surface area contributed by atoms with Crippen molar-refractivity contribution in [2.45, 2.75) is 6.42 Å². The standard InChI is InChI=1S/C12H16Cl2N2O4S/c1-20-3-5-21(18,19)4-2-11(17)16-12-9(13)6-8(15)7-10(12)14/h6-7H,2-5,15H2,1H3,(H,16,17). The second kappa shape index (κ2) is 7.84. The highest BCUT2D eigenvalue weighted by molar-refractivity contribution is 7.91. The monoisotopic (exact) mass is 354 g/mol. The topological polar surface area (TPSA) is 98.5 Å². The van der Waals surface area contributed by atoms with Crippen molar-refractivity contribution in [3.05, 3.63) is 22.2 Å². The summed E-state index contributed by atoms with van der Waals surface area (Å²) in [6, 6.07) is 2.89. The molecule has 0 aliphatic carbocycles. The zero-order valence-electron chi connectivity index (χ0n) is 11.4. The first-order valence-corrected chi connectivity index (χ1v) is 8.56. The van der Waals surface area contributed by atoms with E-state index in [1.165, 1.54) is 19.2 Å². The van der Waals surface area contributed by atoms with Gasteiger partial charge in [-0.25, -0.2) is 8.42 Å². The van der Waals surface area contributed by atoms with E-state index in [0.717, 1.165) is 0 Å². The molecule has 0 aliphatic rings. The van der Waals surface area contributed by atoms with Gasteiger partial charge in [0.05, 0.1) is 33.8 Å². The van der Waals surface area contributed by atoms with Crippen molar-refractivity contribution < 1.29 is 17.9 Å². The van der Waals surface area contributed by atoms with Crippen LogP contribution in [-0.2, 0) is 19.4 Å². The molecule has 1 aromatic rings. The smallest absolute Gasteiger partial charge is 0.225 e. The maximum atomic E-state index is 11.8. The number of carbonyl (C=O) groups is 1. The normalized spacial score (nSPS) is 11.4. The fraction of sp³-hybridized carbons (Fsp3) is 0.417. The predicted octanol–water partition coefficient (Wildman–Crippen LogP) is 1.97. The van der Waals surface area contributed by atoms with Gasteiger partial charge in [0.2, 0.25) is 5.91 Å². The highest BCUT2D eigenvalue weighted by Crippen LogP contribution is 2.32. The van der Waals surface area contributed by atoms with E-state index in [1.807, 2.05) is 0 Å². The number of nitrogen functional groups attached to an aromatic ring is 1. The van der Waals surface area contributed by atoms with Crippen LogP contribution in [0.1, 0.15) is 6.42 Å². The predicted molar refractivity (Wildman–Crippen MR) is 84.7 cm³/mol. The minimum Gasteiger partial charge on any atom is -0.399 e. The molecule has 0 bridgehead atoms. The van der Waals surface area contributed by atoms with Crippen molar-refractivity contribution in [3.63, 3.8) is 0 Å². The molecule has 9 heteroatoms. The number of halogens is 2. The van der Waals surface area contributed by atoms with Gasteiger partial charge in [0.15, 0.2) is 9.84 Å². The van der Waals surface area contributed by atoms with E-state index in [9.17, 15) is 13.2 Å². The number of anilines is 2. The lowest BCUT2D eigenvalue weighted by molar-refractivity contribution is -0.115. The maximum absolute atomic E-state index is 11.8. The Hall–Kier alpha value is -1.02. The Morgan fingerprint density at radius 3 is 2.38 bits per heavy atom. The van der Waals surface area contributed by atoms with Crippen molar-refractivity contribution in [2.24, 2.45) is 0 Å². The van der Waals surface area contributed by atoms with Gasteiger partial charge in [-0.05, 0) is 12.1 Å². The highest BCUT2D eigenvalue weighted by atomic mass is 35.5. The van der Waals surface area contributed by atoms with E-state index in [-0.39, 0.29) is 40.3 Å². The second-order valence-corrected chi connectivity index (χ2v) is 7.42. The van der Waals surface area contributed by atoms with Crippen molar-refractivity contribution >= 4 is 50.3 Å². The average Bonchev–Trinajstić information content (AvgIpc) is 2.38. The van der Waals surface area contributed by atoms with Crippen molar-refractivity contribution in [1.29, 1.82) is 0 Å². The molecule has 1 aromatic carbocycles. The summed E-state index contributed by atoms with van der Waals surface area (Å²) < 4.78 is 27.9. The third kappa shape index (κ3) is 6.09. The van der Waals surface area contributed by atoms with Gasteiger partial charge < -0.3 is 15.8 Å². The Morgan fingerprint density at radius 1 is 1.29 bits per heavy atom. The molecule has 0 saturated heterocycles. The molecule has 0 aromatic heterocycles. The third-order valence-corrected chi connectivity index (χ3v) is 4.78. The first kappa shape index (κ1) is 18.0. The molecular formula is C12H16Cl2N2O4S. The van der Waals surface area contributed by atoms with Crippen molar-refractivity contribution in [2.75, 3.05) is 36.3 Å². The minimum atomic E-state index is -3.33. The Labute approximate surface area is 133 Å². The van der Waals surface area contributed by atoms with E-state index in [2.05, 4.69) is 5.32 Å². The van der Waals surface area contributed by atoms with Crippen LogP contribution in [0.5, 0.6) is 0 Å². The molecule has 118 valence electrons. The zero-order valence-corrected chi connectivity index (χ0v) is 13.7. The molecule has 0 aliphatic heterocycles. The van der Waals surface area contributed by atoms with Crippen LogP contribution >= 0.6 is 23.2 Å². The SMILES string of the molecule is COCCS(=O)(=O)CCC(=O)Nc1c(Cl)cc(N)cc1Cl. The molecule has 1 rings (SSSR count). The summed E-state index contributed by atoms with van der Waals surface area (Å²) in [4.78, 5) is 11.8. The quantitative estimate of drug-likeness (QED) is 0.729. The van der Waals surface area contributed by atoms with Crippen LogP contribution in [0.25, 0.3) is 0 Å². The number of sulfone groups is 1. The van der Waals surface area contributed by atoms with Crippen LogP contribution in [0, 0.1) is 0 Å². The Morgan fingerprint density at radius 2 is 1.86 bits per heavy atom. The fourth-order valence-corrected chi connectivity index (χ4v) is 3.19. The summed E-state index contributed by atoms with van der Waals surface area (Å²) in [5, 5.41) is 2.86. The lowest BCUT2D eigenvalue weighted by Gasteiger charge is -2.10. The fourth-order valence-electron chi connectivity index (χ4n) is 1.47. The second-order valence-electron chi connectivity index (χ2n) is 4.30. The molecule has 0 saturated carbocycles. The lowest BCUT2D eigenvalue weighted by Crippen LogP contribution is -2.21. The van der Waals surface area contributed by atoms with E-state index >= 15 is 0 Å². The van der Waals surface area contributed by atoms with Crippen LogP contribution in [0.15, 0.2) is 12.1 Å². The summed E-state index contributed by atoms with van der Waals surface area (Å²) in [5.41, 5.74) is 6.13. The van der Waals surface area contributed by atoms with Gasteiger partial charge in [0.25, 0.3) is 0 Å². The Bertz CT molecular complexity index is 597. The summed E-state index contributed by atoms with van der Waals surface area (Å²) in [5.74, 6) is -0.892. The first-order valence-electron chi connectivity index (χ1n) is 5.99. The molecule has 0 unspecified atom stereocenters. The maximum Gasteiger partial charge on any atom is 0.225 e. The molecule has 0 fully saturated rings. The number of amides is 1. The molecule has 0 atom stereocenters. The van der Waals surface area contributed by atoms with Gasteiger partial charge in [-0.2, -0.15) is 0 Å². The van der Waals surface area contributed by atoms with Crippen LogP contribution in [0.3, 0.4) is 0 Å². The van der Waals surface area contributed by atoms with Crippen LogP contribution in [0.2, 0.25) is 10.0 Å². The van der Waals surface area contributed by atoms with Gasteiger partial charge >= 0.3 is 0 Å². The van der Waals surface area contributed by atoms with Crippen LogP contribution < -0.4 is 11.1 Å². The molecule has 0 heterocycles. The van der Waals surface area contributed by atoms with E-state index in [4.69, 9.17) is 33.7 Å². The largest absolute Gasteiger partial charge is 0.399 e. The molecule has 1 amide bonds. The summed E-state index contributed by atoms with van der Waals surface area (Å²) in [6.07, 6.45) is -0.191. The lowest BCUT2D eigenvalue weighted by atomic mass is 10.2. The number of benzene rings is 1. The number of ether oxygens (including phenoxy) is 1. The van der Waals surface area contributed by atoms with E-state index < -0.39 is 15.7 Å². The first-order chi connectivity index (χ1) is 9.75. The van der Waals surface area contributed by atoms with Crippen LogP contribution in [0.4, 0.5) is 11.4 Å². The molecule has 21 heavy (non-hydrogen) atoms.